The lowest BCUT2D eigenvalue weighted by Crippen LogP contribution is -1.81. The first-order valence-corrected chi connectivity index (χ1v) is 19.2. The van der Waals surface area contributed by atoms with Gasteiger partial charge < -0.3 is 17.9 Å². The summed E-state index contributed by atoms with van der Waals surface area (Å²) in [5.41, 5.74) is 4.09. The number of hydrogen-bond donors (Lipinski definition) is 2. The number of aryl methyl sites for hydroxylation is 2. The zero-order valence-electron chi connectivity index (χ0n) is 26.0. The van der Waals surface area contributed by atoms with Gasteiger partial charge in [-0.15, -0.1) is 0 Å². The lowest BCUT2D eigenvalue weighted by Gasteiger charge is -2.06. The smallest absolute Gasteiger partial charge is 0.141 e. The summed E-state index contributed by atoms with van der Waals surface area (Å²) in [6.45, 7) is 0. The first-order chi connectivity index (χ1) is 23.8. The van der Waals surface area contributed by atoms with Gasteiger partial charge in [0.25, 0.3) is 0 Å². The molecule has 0 aliphatic heterocycles. The fraction of sp³-hybridized carbons (Fsp3) is 0.0476. The number of aromatic amines is 2. The standard InChI is InChI=1S/C42H30N2O2P2/c1-5-13-31-27(9-1)17-21-35-39(31)41-33-15-7-3-11-29(33)19-23-37(41)45-47(43-35)25-26-48-44-36-22-18-28-10-2-6-14-32(28)40(36)42-34-16-8-4-12-30(34)20-24-38(42)46-48/h1-24,43-44H,25-26H2. The van der Waals surface area contributed by atoms with Crippen molar-refractivity contribution in [1.82, 2.24) is 9.49 Å². The van der Waals surface area contributed by atoms with Crippen LogP contribution in [0.2, 0.25) is 0 Å². The van der Waals surface area contributed by atoms with Crippen molar-refractivity contribution < 1.29 is 8.39 Å². The average Bonchev–Trinajstić information content (AvgIpc) is 3.42. The zero-order valence-corrected chi connectivity index (χ0v) is 27.8. The maximum atomic E-state index is 6.95. The molecule has 0 radical (unpaired) electrons. The second kappa shape index (κ2) is 11.1. The molecular formula is C42H30N2O2P2. The molecule has 2 unspecified atom stereocenters. The van der Waals surface area contributed by atoms with Crippen LogP contribution in [0.5, 0.6) is 0 Å². The highest BCUT2D eigenvalue weighted by Crippen LogP contribution is 2.43. The molecule has 48 heavy (non-hydrogen) atoms. The third-order valence-electron chi connectivity index (χ3n) is 9.55. The Labute approximate surface area is 277 Å². The molecular weight excluding hydrogens is 626 g/mol. The van der Waals surface area contributed by atoms with Crippen LogP contribution in [-0.2, 0) is 12.3 Å². The van der Waals surface area contributed by atoms with Crippen molar-refractivity contribution in [2.24, 2.45) is 0 Å². The summed E-state index contributed by atoms with van der Waals surface area (Å²) in [6, 6.07) is 52.1. The molecule has 0 aliphatic carbocycles. The molecule has 0 fully saturated rings. The Morgan fingerprint density at radius 3 is 1.08 bits per heavy atom. The van der Waals surface area contributed by atoms with Gasteiger partial charge in [0.1, 0.15) is 27.0 Å². The topological polar surface area (TPSA) is 57.9 Å². The van der Waals surface area contributed by atoms with Gasteiger partial charge in [-0.3, -0.25) is 0 Å². The largest absolute Gasteiger partial charge is 0.434 e. The second-order valence-corrected chi connectivity index (χ2v) is 15.6. The van der Waals surface area contributed by atoms with Crippen molar-refractivity contribution in [3.8, 4) is 0 Å². The summed E-state index contributed by atoms with van der Waals surface area (Å²) in [6.07, 6.45) is 1.64. The fourth-order valence-electron chi connectivity index (χ4n) is 7.38. The average molecular weight is 657 g/mol. The summed E-state index contributed by atoms with van der Waals surface area (Å²) in [7, 11) is -2.12. The number of nitrogens with one attached hydrogen (secondary N) is 2. The van der Waals surface area contributed by atoms with Crippen LogP contribution in [0.15, 0.2) is 154 Å². The SMILES string of the molecule is c1ccc2c(c1)ccc1[nH]p(CCp3[nH]c4ccc5ccccc5c4c4c(ccc5ccccc54)o3)oc3ccc4ccccc4c3c12. The van der Waals surface area contributed by atoms with Crippen molar-refractivity contribution in [2.75, 3.05) is 0 Å². The molecule has 2 aromatic heterocycles. The normalized spacial score (nSPS) is 12.7. The highest BCUT2D eigenvalue weighted by molar-refractivity contribution is 7.42. The van der Waals surface area contributed by atoms with Gasteiger partial charge in [0.05, 0.1) is 11.0 Å². The number of benzene rings is 8. The van der Waals surface area contributed by atoms with Crippen molar-refractivity contribution in [3.63, 3.8) is 0 Å². The molecule has 0 saturated carbocycles. The maximum absolute atomic E-state index is 6.95. The Morgan fingerprint density at radius 1 is 0.354 bits per heavy atom. The van der Waals surface area contributed by atoms with E-state index in [1.54, 1.807) is 0 Å². The third kappa shape index (κ3) is 4.45. The monoisotopic (exact) mass is 656 g/mol. The molecule has 2 N–H and O–H groups in total. The molecule has 0 spiro atoms. The number of hydrogen-bond acceptors (Lipinski definition) is 2. The van der Waals surface area contributed by atoms with Crippen LogP contribution in [-0.4, -0.2) is 9.49 Å². The minimum absolute atomic E-state index is 0.818. The van der Waals surface area contributed by atoms with E-state index >= 15 is 0 Å². The van der Waals surface area contributed by atoms with Crippen molar-refractivity contribution >= 4 is 103 Å². The first-order valence-electron chi connectivity index (χ1n) is 16.3. The molecule has 0 bridgehead atoms. The number of aromatic nitrogens is 2. The zero-order chi connectivity index (χ0) is 31.6. The van der Waals surface area contributed by atoms with Crippen LogP contribution in [0, 0.1) is 0 Å². The molecule has 6 heteroatoms. The predicted octanol–water partition coefficient (Wildman–Crippen LogP) is 13.7. The van der Waals surface area contributed by atoms with Gasteiger partial charge in [-0.2, -0.15) is 0 Å². The molecule has 0 aliphatic rings. The Morgan fingerprint density at radius 2 is 0.688 bits per heavy atom. The van der Waals surface area contributed by atoms with Crippen molar-refractivity contribution in [2.45, 2.75) is 12.3 Å². The summed E-state index contributed by atoms with van der Waals surface area (Å²) < 4.78 is 21.7. The van der Waals surface area contributed by atoms with Gasteiger partial charge in [-0.25, -0.2) is 0 Å². The van der Waals surface area contributed by atoms with E-state index < -0.39 is 15.9 Å². The quantitative estimate of drug-likeness (QED) is 0.199. The Balaban J connectivity index is 1.20. The molecule has 0 amide bonds. The molecule has 10 rings (SSSR count). The third-order valence-corrected chi connectivity index (χ3v) is 13.0. The molecule has 2 heterocycles. The van der Waals surface area contributed by atoms with E-state index in [-0.39, 0.29) is 0 Å². The van der Waals surface area contributed by atoms with Crippen LogP contribution >= 0.6 is 15.9 Å². The van der Waals surface area contributed by atoms with Crippen LogP contribution < -0.4 is 0 Å². The number of fused-ring (bicyclic) bond motifs is 14. The van der Waals surface area contributed by atoms with Crippen molar-refractivity contribution in [1.29, 1.82) is 0 Å². The van der Waals surface area contributed by atoms with E-state index in [9.17, 15) is 0 Å². The first kappa shape index (κ1) is 27.7. The molecule has 2 atom stereocenters. The Bertz CT molecular complexity index is 2580. The molecule has 10 aromatic rings. The molecule has 4 nitrogen and oxygen atoms in total. The van der Waals surface area contributed by atoms with E-state index in [1.165, 1.54) is 53.9 Å². The number of H-pyrrole nitrogens is 2. The number of rotatable bonds is 3. The minimum Gasteiger partial charge on any atom is -0.434 e. The van der Waals surface area contributed by atoms with Crippen LogP contribution in [0.4, 0.5) is 0 Å². The van der Waals surface area contributed by atoms with Gasteiger partial charge in [-0.1, -0.05) is 121 Å². The summed E-state index contributed by atoms with van der Waals surface area (Å²) in [5, 5.41) is 14.5. The Kier molecular flexibility index (Phi) is 6.40. The maximum Gasteiger partial charge on any atom is 0.141 e. The Hall–Kier alpha value is -5.40. The van der Waals surface area contributed by atoms with Crippen LogP contribution in [0.25, 0.3) is 86.8 Å². The van der Waals surface area contributed by atoms with E-state index in [4.69, 9.17) is 8.39 Å². The highest BCUT2D eigenvalue weighted by Gasteiger charge is 2.14. The molecule has 230 valence electrons. The van der Waals surface area contributed by atoms with Gasteiger partial charge in [0, 0.05) is 33.9 Å². The minimum atomic E-state index is -1.06. The molecule has 8 aromatic carbocycles. The summed E-state index contributed by atoms with van der Waals surface area (Å²) in [5.74, 6) is 0. The van der Waals surface area contributed by atoms with Gasteiger partial charge >= 0.3 is 0 Å². The van der Waals surface area contributed by atoms with E-state index in [0.29, 0.717) is 0 Å². The summed E-state index contributed by atoms with van der Waals surface area (Å²) in [4.78, 5) is 0. The predicted molar refractivity (Wildman–Crippen MR) is 207 cm³/mol. The lowest BCUT2D eigenvalue weighted by atomic mass is 9.98. The van der Waals surface area contributed by atoms with E-state index in [1.807, 2.05) is 0 Å². The van der Waals surface area contributed by atoms with Gasteiger partial charge in [-0.05, 0) is 67.4 Å². The molecule has 0 saturated heterocycles. The lowest BCUT2D eigenvalue weighted by molar-refractivity contribution is 0.716. The summed E-state index contributed by atoms with van der Waals surface area (Å²) >= 11 is 0. The second-order valence-electron chi connectivity index (χ2n) is 12.3. The van der Waals surface area contributed by atoms with Gasteiger partial charge in [0.2, 0.25) is 0 Å². The fourth-order valence-corrected chi connectivity index (χ4v) is 11.0. The van der Waals surface area contributed by atoms with Crippen molar-refractivity contribution in [3.05, 3.63) is 146 Å². The van der Waals surface area contributed by atoms with Crippen LogP contribution in [0.1, 0.15) is 0 Å². The van der Waals surface area contributed by atoms with Crippen LogP contribution in [0.3, 0.4) is 0 Å². The van der Waals surface area contributed by atoms with E-state index in [2.05, 4.69) is 155 Å². The highest BCUT2D eigenvalue weighted by atomic mass is 31.1. The van der Waals surface area contributed by atoms with E-state index in [0.717, 1.165) is 45.3 Å². The van der Waals surface area contributed by atoms with Gasteiger partial charge in [0.15, 0.2) is 0 Å².